The van der Waals surface area contributed by atoms with Crippen molar-refractivity contribution in [2.45, 2.75) is 71.1 Å². The largest absolute Gasteiger partial charge is 0.573 e. The second kappa shape index (κ2) is 32.6. The number of benzene rings is 6. The van der Waals surface area contributed by atoms with Crippen LogP contribution in [0.1, 0.15) is 11.1 Å². The minimum atomic E-state index is -5.20. The van der Waals surface area contributed by atoms with Gasteiger partial charge in [0.15, 0.2) is 0 Å². The summed E-state index contributed by atoms with van der Waals surface area (Å²) >= 11 is 2.73. The number of aryl methyl sites for hydroxylation is 2. The quantitative estimate of drug-likeness (QED) is 0.0407. The molecule has 0 radical (unpaired) electrons. The van der Waals surface area contributed by atoms with Crippen molar-refractivity contribution in [1.29, 1.82) is 0 Å². The Bertz CT molecular complexity index is 3080. The lowest BCUT2D eigenvalue weighted by atomic mass is 10.1. The van der Waals surface area contributed by atoms with Gasteiger partial charge in [0, 0.05) is 64.8 Å². The Morgan fingerprint density at radius 1 is 0.309 bits per heavy atom. The summed E-state index contributed by atoms with van der Waals surface area (Å²) < 4.78 is 350. The van der Waals surface area contributed by atoms with Gasteiger partial charge in [-0.25, -0.2) is 0 Å². The van der Waals surface area contributed by atoms with Crippen LogP contribution in [-0.2, 0) is 0 Å². The van der Waals surface area contributed by atoms with Crippen molar-refractivity contribution in [3.05, 3.63) is 145 Å². The number of non-ortho nitro benzene ring substituents is 2. The van der Waals surface area contributed by atoms with E-state index >= 15 is 0 Å². The van der Waals surface area contributed by atoms with Crippen LogP contribution >= 0.6 is 15.9 Å². The lowest BCUT2D eigenvalue weighted by Crippen LogP contribution is -2.19. The number of nitrogens with zero attached hydrogens (tertiary/aromatic N) is 2. The first-order valence-electron chi connectivity index (χ1n) is 22.5. The first-order valence-corrected chi connectivity index (χ1v) is 23.3. The van der Waals surface area contributed by atoms with E-state index < -0.39 is 125 Å². The fourth-order valence-electron chi connectivity index (χ4n) is 5.70. The molecule has 5 N–H and O–H groups in total. The number of aromatic hydroxyl groups is 3. The fourth-order valence-corrected chi connectivity index (χ4v) is 6.15. The molecule has 0 amide bonds. The highest BCUT2D eigenvalue weighted by molar-refractivity contribution is 9.10. The molecule has 0 fully saturated rings. The molecule has 0 aliphatic heterocycles. The summed E-state index contributed by atoms with van der Waals surface area (Å²) in [5, 5.41) is 46.9. The van der Waals surface area contributed by atoms with Crippen molar-refractivity contribution in [2.24, 2.45) is 0 Å². The van der Waals surface area contributed by atoms with Crippen molar-refractivity contribution in [3.63, 3.8) is 0 Å². The van der Waals surface area contributed by atoms with Crippen molar-refractivity contribution in [3.8, 4) is 69.0 Å². The maximum absolute atomic E-state index is 11.9. The Balaban J connectivity index is 0.000000568. The van der Waals surface area contributed by atoms with Crippen LogP contribution in [0.2, 0.25) is 0 Å². The molecule has 19 nitrogen and oxygen atoms in total. The van der Waals surface area contributed by atoms with Crippen molar-refractivity contribution in [2.75, 3.05) is 5.73 Å². The van der Waals surface area contributed by atoms with Crippen LogP contribution < -0.4 is 48.4 Å². The van der Waals surface area contributed by atoms with Gasteiger partial charge in [-0.15, -0.1) is 119 Å². The minimum absolute atomic E-state index is 0.0431. The lowest BCUT2D eigenvalue weighted by molar-refractivity contribution is -0.385. The Hall–Kier alpha value is -9.89. The molecule has 6 aromatic carbocycles. The maximum atomic E-state index is 11.9. The molecule has 0 saturated heterocycles. The number of phenols is 3. The fraction of sp³-hybridized carbons (Fsp3) is 0.234. The maximum Gasteiger partial charge on any atom is 0.573 e. The number of rotatable bonds is 11. The Morgan fingerprint density at radius 3 is 0.734 bits per heavy atom. The summed E-state index contributed by atoms with van der Waals surface area (Å²) in [5.41, 5.74) is 4.87. The number of nitrogens with two attached hydrogens (primary N) is 1. The van der Waals surface area contributed by atoms with Gasteiger partial charge in [-0.3, -0.25) is 20.2 Å². The van der Waals surface area contributed by atoms with Gasteiger partial charge in [-0.2, -0.15) is 0 Å². The van der Waals surface area contributed by atoms with E-state index in [1.165, 1.54) is 12.1 Å². The predicted octanol–water partition coefficient (Wildman–Crippen LogP) is 18.1. The second-order valence-corrected chi connectivity index (χ2v) is 17.1. The zero-order chi connectivity index (χ0) is 73.1. The summed E-state index contributed by atoms with van der Waals surface area (Å²) in [6.07, 6.45) is -45.2. The minimum Gasteiger partial charge on any atom is -0.508 e. The third-order valence-electron chi connectivity index (χ3n) is 8.08. The van der Waals surface area contributed by atoms with Crippen LogP contribution in [0.25, 0.3) is 0 Å². The van der Waals surface area contributed by atoms with Gasteiger partial charge in [-0.1, -0.05) is 22.0 Å². The van der Waals surface area contributed by atoms with Crippen LogP contribution in [0, 0.1) is 34.1 Å². The molecule has 94 heavy (non-hydrogen) atoms. The molecule has 0 spiro atoms. The van der Waals surface area contributed by atoms with Crippen molar-refractivity contribution >= 4 is 33.0 Å². The van der Waals surface area contributed by atoms with Crippen LogP contribution in [0.4, 0.5) is 136 Å². The second-order valence-electron chi connectivity index (χ2n) is 16.2. The lowest BCUT2D eigenvalue weighted by Gasteiger charge is -2.13. The number of nitro benzene ring substituents is 2. The van der Waals surface area contributed by atoms with Gasteiger partial charge in [0.05, 0.1) is 34.1 Å². The topological polar surface area (TPSA) is 256 Å². The third kappa shape index (κ3) is 40.8. The third-order valence-corrected chi connectivity index (χ3v) is 8.54. The predicted molar refractivity (Wildman–Crippen MR) is 259 cm³/mol. The number of halogens is 28. The Kier molecular flexibility index (Phi) is 28.5. The molecule has 0 aliphatic carbocycles. The van der Waals surface area contributed by atoms with E-state index in [4.69, 9.17) is 21.1 Å². The summed E-state index contributed by atoms with van der Waals surface area (Å²) in [7, 11) is 0. The molecule has 0 unspecified atom stereocenters. The van der Waals surface area contributed by atoms with E-state index in [-0.39, 0.29) is 39.2 Å². The first-order chi connectivity index (χ1) is 42.1. The molecule has 0 aliphatic rings. The molecule has 0 saturated carbocycles. The molecular formula is C47H29BrF27N3O16. The molecule has 524 valence electrons. The number of alkyl halides is 27. The molecule has 6 aromatic rings. The van der Waals surface area contributed by atoms with Gasteiger partial charge in [0.25, 0.3) is 11.4 Å². The molecule has 0 aromatic heterocycles. The van der Waals surface area contributed by atoms with E-state index in [1.54, 1.807) is 19.9 Å². The SMILES string of the molecule is Cc1cc(C)cc(OC(F)(F)F)c1.FC(F)(F)Oc1cc(Br)cc(OC(F)(F)F)c1.Nc1cc(OC(F)(F)F)cc(OC(F)(F)F)c1.O=[N+]([O-])c1cc(O)cc(O)c1.O=[N+]([O-])c1cc(OC(F)(F)F)cc(OC(F)(F)F)c1.Oc1cc(OC(F)(F)F)cc(OC(F)(F)F)c1. The average molecular weight is 1480 g/mol. The number of hydrogen-bond donors (Lipinski definition) is 4. The summed E-state index contributed by atoms with van der Waals surface area (Å²) in [6.45, 7) is 3.44. The highest BCUT2D eigenvalue weighted by Crippen LogP contribution is 2.38. The number of nitro groups is 2. The van der Waals surface area contributed by atoms with Crippen LogP contribution in [0.5, 0.6) is 69.0 Å². The van der Waals surface area contributed by atoms with Crippen molar-refractivity contribution in [1.82, 2.24) is 0 Å². The molecule has 0 heterocycles. The van der Waals surface area contributed by atoms with Gasteiger partial charge in [0.2, 0.25) is 0 Å². The molecule has 0 bridgehead atoms. The zero-order valence-electron chi connectivity index (χ0n) is 44.6. The van der Waals surface area contributed by atoms with Crippen LogP contribution in [0.15, 0.2) is 114 Å². The molecule has 6 rings (SSSR count). The average Bonchev–Trinajstić information content (AvgIpc) is 0.870. The number of anilines is 1. The van der Waals surface area contributed by atoms with E-state index in [0.29, 0.717) is 42.5 Å². The highest BCUT2D eigenvalue weighted by atomic mass is 79.9. The molecule has 47 heteroatoms. The van der Waals surface area contributed by atoms with E-state index in [1.807, 2.05) is 0 Å². The number of phenolic OH excluding ortho intramolecular Hbond substituents is 3. The van der Waals surface area contributed by atoms with Crippen molar-refractivity contribution < 1.29 is 186 Å². The number of hydrogen-bond acceptors (Lipinski definition) is 17. The van der Waals surface area contributed by atoms with E-state index in [9.17, 15) is 139 Å². The Morgan fingerprint density at radius 2 is 0.500 bits per heavy atom. The highest BCUT2D eigenvalue weighted by Gasteiger charge is 2.38. The summed E-state index contributed by atoms with van der Waals surface area (Å²) in [6, 6.07) is 13.7. The smallest absolute Gasteiger partial charge is 0.508 e. The number of ether oxygens (including phenoxy) is 9. The summed E-state index contributed by atoms with van der Waals surface area (Å²) in [4.78, 5) is 18.6. The standard InChI is InChI=1S/C9H9F3O.C8H3BrF6O2.C8H3F6NO4.C8H5F6NO2.C8H4F6O3.C6H5NO4/c1-6-3-7(2)5-8(4-6)13-9(10,11)12;9-4-1-5(16-7(10,11)12)3-6(2-4)17-8(13,14)15;9-7(10,11)18-5-1-4(15(16)17)2-6(3-5)19-8(12,13)14;2*9-7(10,11)16-5-1-4(15)2-6(3-5)17-8(12,13)14;8-5-1-4(7(10)11)2-6(9)3-5/h3-5H,1-2H3;1-3H;1-3H;1-3H,15H2;1-3,15H;1-3,8-9H. The first kappa shape index (κ1) is 82.1. The monoisotopic (exact) mass is 1480 g/mol. The van der Waals surface area contributed by atoms with Gasteiger partial charge < -0.3 is 63.7 Å². The van der Waals surface area contributed by atoms with E-state index in [0.717, 1.165) is 53.6 Å². The Labute approximate surface area is 509 Å². The molecular weight excluding hydrogens is 1460 g/mol. The van der Waals surface area contributed by atoms with Crippen LogP contribution in [-0.4, -0.2) is 82.4 Å². The van der Waals surface area contributed by atoms with Gasteiger partial charge >= 0.3 is 57.3 Å². The normalized spacial score (nSPS) is 11.9. The van der Waals surface area contributed by atoms with Crippen LogP contribution in [0.3, 0.4) is 0 Å². The van der Waals surface area contributed by atoms with Gasteiger partial charge in [0.1, 0.15) is 69.0 Å². The summed E-state index contributed by atoms with van der Waals surface area (Å²) in [5.74, 6) is -9.49. The van der Waals surface area contributed by atoms with Gasteiger partial charge in [-0.05, 0) is 49.2 Å². The van der Waals surface area contributed by atoms with E-state index in [2.05, 4.69) is 58.6 Å². The zero-order valence-corrected chi connectivity index (χ0v) is 46.2. The molecule has 0 atom stereocenters. The number of nitrogen functional groups attached to an aromatic ring is 1.